The van der Waals surface area contributed by atoms with Crippen molar-refractivity contribution in [2.45, 2.75) is 83.0 Å². The summed E-state index contributed by atoms with van der Waals surface area (Å²) in [6.45, 7) is 3.54. The summed E-state index contributed by atoms with van der Waals surface area (Å²) in [6.07, 6.45) is 10.7. The molecule has 1 amide bonds. The molecule has 0 saturated heterocycles. The molecule has 32 heavy (non-hydrogen) atoms. The highest BCUT2D eigenvalue weighted by molar-refractivity contribution is 7.99. The van der Waals surface area contributed by atoms with E-state index in [1.54, 1.807) is 11.8 Å². The SMILES string of the molecule is CCCCSc1nnc(CNC(=O)C23CC4CC(CC(C4)C2)C3)n1CCc1ccccc1. The first-order chi connectivity index (χ1) is 15.6. The minimum Gasteiger partial charge on any atom is -0.348 e. The van der Waals surface area contributed by atoms with Crippen LogP contribution in [0.1, 0.15) is 69.7 Å². The van der Waals surface area contributed by atoms with Crippen molar-refractivity contribution < 1.29 is 4.79 Å². The number of nitrogens with zero attached hydrogens (tertiary/aromatic N) is 3. The van der Waals surface area contributed by atoms with Crippen LogP contribution in [0.15, 0.2) is 35.5 Å². The summed E-state index contributed by atoms with van der Waals surface area (Å²) in [7, 11) is 0. The van der Waals surface area contributed by atoms with E-state index in [0.29, 0.717) is 6.54 Å². The van der Waals surface area contributed by atoms with Gasteiger partial charge < -0.3 is 9.88 Å². The predicted octanol–water partition coefficient (Wildman–Crippen LogP) is 5.25. The summed E-state index contributed by atoms with van der Waals surface area (Å²) in [4.78, 5) is 13.4. The highest BCUT2D eigenvalue weighted by Crippen LogP contribution is 2.60. The van der Waals surface area contributed by atoms with E-state index in [4.69, 9.17) is 0 Å². The number of unbranched alkanes of at least 4 members (excludes halogenated alkanes) is 1. The van der Waals surface area contributed by atoms with Gasteiger partial charge in [-0.1, -0.05) is 55.4 Å². The van der Waals surface area contributed by atoms with E-state index in [0.717, 1.165) is 66.7 Å². The number of carbonyl (C=O) groups excluding carboxylic acids is 1. The Labute approximate surface area is 196 Å². The maximum atomic E-state index is 13.4. The zero-order valence-electron chi connectivity index (χ0n) is 19.3. The predicted molar refractivity (Wildman–Crippen MR) is 128 cm³/mol. The Hall–Kier alpha value is -1.82. The van der Waals surface area contributed by atoms with Gasteiger partial charge in [0, 0.05) is 17.7 Å². The van der Waals surface area contributed by atoms with Gasteiger partial charge in [0.15, 0.2) is 11.0 Å². The smallest absolute Gasteiger partial charge is 0.226 e. The molecule has 4 aliphatic carbocycles. The average molecular weight is 453 g/mol. The third-order valence-electron chi connectivity index (χ3n) is 7.92. The Morgan fingerprint density at radius 2 is 1.78 bits per heavy atom. The summed E-state index contributed by atoms with van der Waals surface area (Å²) in [5.41, 5.74) is 1.21. The molecule has 1 N–H and O–H groups in total. The summed E-state index contributed by atoms with van der Waals surface area (Å²) in [5, 5.41) is 13.3. The zero-order chi connectivity index (χ0) is 22.0. The van der Waals surface area contributed by atoms with Crippen LogP contribution in [-0.2, 0) is 24.3 Å². The van der Waals surface area contributed by atoms with Gasteiger partial charge in [-0.2, -0.15) is 0 Å². The molecule has 4 aliphatic rings. The highest BCUT2D eigenvalue weighted by Gasteiger charge is 2.54. The van der Waals surface area contributed by atoms with Crippen molar-refractivity contribution >= 4 is 17.7 Å². The number of aromatic nitrogens is 3. The largest absolute Gasteiger partial charge is 0.348 e. The van der Waals surface area contributed by atoms with Crippen molar-refractivity contribution in [3.8, 4) is 0 Å². The van der Waals surface area contributed by atoms with Crippen LogP contribution in [-0.4, -0.2) is 26.4 Å². The molecule has 4 saturated carbocycles. The summed E-state index contributed by atoms with van der Waals surface area (Å²) >= 11 is 1.79. The number of benzene rings is 1. The van der Waals surface area contributed by atoms with Crippen LogP contribution >= 0.6 is 11.8 Å². The Morgan fingerprint density at radius 3 is 2.44 bits per heavy atom. The van der Waals surface area contributed by atoms with Gasteiger partial charge in [-0.3, -0.25) is 4.79 Å². The molecular formula is C26H36N4OS. The number of thioether (sulfide) groups is 1. The molecule has 1 heterocycles. The van der Waals surface area contributed by atoms with E-state index in [2.05, 4.69) is 57.3 Å². The maximum Gasteiger partial charge on any atom is 0.226 e. The average Bonchev–Trinajstić information content (AvgIpc) is 3.17. The third-order valence-corrected chi connectivity index (χ3v) is 8.97. The second-order valence-electron chi connectivity index (χ2n) is 10.4. The molecule has 1 aromatic carbocycles. The number of hydrogen-bond acceptors (Lipinski definition) is 4. The third kappa shape index (κ3) is 4.61. The van der Waals surface area contributed by atoms with Crippen molar-refractivity contribution in [2.24, 2.45) is 23.2 Å². The lowest BCUT2D eigenvalue weighted by Gasteiger charge is -2.55. The van der Waals surface area contributed by atoms with Gasteiger partial charge in [0.25, 0.3) is 0 Å². The quantitative estimate of drug-likeness (QED) is 0.395. The topological polar surface area (TPSA) is 59.8 Å². The molecule has 172 valence electrons. The molecule has 2 aromatic rings. The fraction of sp³-hybridized carbons (Fsp3) is 0.654. The van der Waals surface area contributed by atoms with Gasteiger partial charge in [-0.15, -0.1) is 10.2 Å². The van der Waals surface area contributed by atoms with Crippen molar-refractivity contribution in [2.75, 3.05) is 5.75 Å². The molecule has 5 nitrogen and oxygen atoms in total. The molecule has 4 fully saturated rings. The van der Waals surface area contributed by atoms with E-state index in [1.807, 2.05) is 0 Å². The molecule has 0 aliphatic heterocycles. The molecular weight excluding hydrogens is 416 g/mol. The standard InChI is InChI=1S/C26H36N4OS/c1-2-3-11-32-25-29-28-23(30(25)10-9-19-7-5-4-6-8-19)18-27-24(31)26-15-20-12-21(16-26)14-22(13-20)17-26/h4-8,20-22H,2-3,9-18H2,1H3,(H,27,31). The Balaban J connectivity index is 1.26. The van der Waals surface area contributed by atoms with Crippen molar-refractivity contribution in [3.05, 3.63) is 41.7 Å². The molecule has 0 spiro atoms. The lowest BCUT2D eigenvalue weighted by Crippen LogP contribution is -2.53. The molecule has 0 unspecified atom stereocenters. The van der Waals surface area contributed by atoms with Crippen molar-refractivity contribution in [1.29, 1.82) is 0 Å². The van der Waals surface area contributed by atoms with Crippen molar-refractivity contribution in [3.63, 3.8) is 0 Å². The van der Waals surface area contributed by atoms with Crippen LogP contribution in [0.4, 0.5) is 0 Å². The number of hydrogen-bond donors (Lipinski definition) is 1. The minimum atomic E-state index is -0.109. The van der Waals surface area contributed by atoms with Crippen LogP contribution < -0.4 is 5.32 Å². The molecule has 0 radical (unpaired) electrons. The van der Waals surface area contributed by atoms with Gasteiger partial charge >= 0.3 is 0 Å². The molecule has 4 bridgehead atoms. The van der Waals surface area contributed by atoms with Crippen molar-refractivity contribution in [1.82, 2.24) is 20.1 Å². The summed E-state index contributed by atoms with van der Waals surface area (Å²) in [6, 6.07) is 10.6. The fourth-order valence-corrected chi connectivity index (χ4v) is 7.78. The fourth-order valence-electron chi connectivity index (χ4n) is 6.71. The molecule has 1 aromatic heterocycles. The van der Waals surface area contributed by atoms with Gasteiger partial charge in [0.2, 0.25) is 5.91 Å². The first-order valence-electron chi connectivity index (χ1n) is 12.5. The summed E-state index contributed by atoms with van der Waals surface area (Å²) < 4.78 is 2.23. The molecule has 6 heteroatoms. The van der Waals surface area contributed by atoms with E-state index in [-0.39, 0.29) is 11.3 Å². The number of carbonyl (C=O) groups is 1. The number of amides is 1. The number of nitrogens with one attached hydrogen (secondary N) is 1. The Bertz CT molecular complexity index is 890. The maximum absolute atomic E-state index is 13.4. The van der Waals surface area contributed by atoms with E-state index in [9.17, 15) is 4.79 Å². The van der Waals surface area contributed by atoms with Crippen LogP contribution in [0, 0.1) is 23.2 Å². The molecule has 0 atom stereocenters. The first-order valence-corrected chi connectivity index (χ1v) is 13.5. The van der Waals surface area contributed by atoms with Crippen LogP contribution in [0.2, 0.25) is 0 Å². The first kappa shape index (κ1) is 22.0. The Morgan fingerprint density at radius 1 is 1.09 bits per heavy atom. The number of rotatable bonds is 10. The Kier molecular flexibility index (Phi) is 6.59. The monoisotopic (exact) mass is 452 g/mol. The lowest BCUT2D eigenvalue weighted by molar-refractivity contribution is -0.146. The minimum absolute atomic E-state index is 0.109. The zero-order valence-corrected chi connectivity index (χ0v) is 20.1. The lowest BCUT2D eigenvalue weighted by atomic mass is 9.49. The van der Waals surface area contributed by atoms with Crippen LogP contribution in [0.25, 0.3) is 0 Å². The van der Waals surface area contributed by atoms with Gasteiger partial charge in [-0.05, 0) is 74.7 Å². The summed E-state index contributed by atoms with van der Waals surface area (Å²) in [5.74, 6) is 4.56. The van der Waals surface area contributed by atoms with Gasteiger partial charge in [0.05, 0.1) is 6.54 Å². The van der Waals surface area contributed by atoms with Gasteiger partial charge in [0.1, 0.15) is 0 Å². The normalized spacial score (nSPS) is 28.2. The van der Waals surface area contributed by atoms with E-state index in [1.165, 1.54) is 37.7 Å². The van der Waals surface area contributed by atoms with Crippen LogP contribution in [0.3, 0.4) is 0 Å². The second kappa shape index (κ2) is 9.58. The van der Waals surface area contributed by atoms with E-state index >= 15 is 0 Å². The second-order valence-corrected chi connectivity index (χ2v) is 11.4. The van der Waals surface area contributed by atoms with Gasteiger partial charge in [-0.25, -0.2) is 0 Å². The molecule has 6 rings (SSSR count). The highest BCUT2D eigenvalue weighted by atomic mass is 32.2. The van der Waals surface area contributed by atoms with E-state index < -0.39 is 0 Å². The van der Waals surface area contributed by atoms with Crippen LogP contribution in [0.5, 0.6) is 0 Å². The number of aryl methyl sites for hydroxylation is 1.